The van der Waals surface area contributed by atoms with Crippen LogP contribution in [-0.4, -0.2) is 24.3 Å². The normalized spacial score (nSPS) is 16.9. The van der Waals surface area contributed by atoms with Crippen molar-refractivity contribution >= 4 is 5.97 Å². The molecule has 3 heteroatoms. The summed E-state index contributed by atoms with van der Waals surface area (Å²) in [5.74, 6) is -0.122. The van der Waals surface area contributed by atoms with Gasteiger partial charge in [0, 0.05) is 13.2 Å². The van der Waals surface area contributed by atoms with Gasteiger partial charge < -0.3 is 9.84 Å². The van der Waals surface area contributed by atoms with Gasteiger partial charge in [-0.2, -0.15) is 0 Å². The van der Waals surface area contributed by atoms with Crippen molar-refractivity contribution in [3.63, 3.8) is 0 Å². The Morgan fingerprint density at radius 1 is 1.24 bits per heavy atom. The van der Waals surface area contributed by atoms with Crippen LogP contribution < -0.4 is 0 Å². The molecule has 0 bridgehead atoms. The molecule has 0 spiro atoms. The minimum absolute atomic E-state index is 0.124. The fourth-order valence-corrected chi connectivity index (χ4v) is 2.35. The highest BCUT2D eigenvalue weighted by atomic mass is 16.5. The molecule has 0 amide bonds. The summed E-state index contributed by atoms with van der Waals surface area (Å²) in [6.07, 6.45) is 3.27. The molecule has 1 aromatic rings. The molecule has 1 fully saturated rings. The molecule has 17 heavy (non-hydrogen) atoms. The van der Waals surface area contributed by atoms with Crippen molar-refractivity contribution in [1.29, 1.82) is 0 Å². The van der Waals surface area contributed by atoms with E-state index in [9.17, 15) is 4.79 Å². The van der Waals surface area contributed by atoms with E-state index in [2.05, 4.69) is 0 Å². The van der Waals surface area contributed by atoms with E-state index in [1.165, 1.54) is 5.56 Å². The lowest BCUT2D eigenvalue weighted by atomic mass is 9.89. The number of carboxylic acid groups (broad SMARTS) is 1. The van der Waals surface area contributed by atoms with Crippen molar-refractivity contribution < 1.29 is 14.6 Å². The van der Waals surface area contributed by atoms with Crippen LogP contribution >= 0.6 is 0 Å². The first-order chi connectivity index (χ1) is 8.25. The van der Waals surface area contributed by atoms with Gasteiger partial charge in [-0.3, -0.25) is 4.79 Å². The van der Waals surface area contributed by atoms with Crippen LogP contribution in [0, 0.1) is 5.92 Å². The zero-order valence-corrected chi connectivity index (χ0v) is 9.89. The summed E-state index contributed by atoms with van der Waals surface area (Å²) < 4.78 is 5.34. The third-order valence-corrected chi connectivity index (χ3v) is 3.31. The zero-order valence-electron chi connectivity index (χ0n) is 9.89. The average molecular weight is 234 g/mol. The average Bonchev–Trinajstić information content (AvgIpc) is 2.32. The van der Waals surface area contributed by atoms with E-state index in [0.717, 1.165) is 38.0 Å². The van der Waals surface area contributed by atoms with Crippen molar-refractivity contribution in [2.75, 3.05) is 13.2 Å². The van der Waals surface area contributed by atoms with Crippen LogP contribution in [0.2, 0.25) is 0 Å². The van der Waals surface area contributed by atoms with Crippen LogP contribution in [0.15, 0.2) is 24.3 Å². The van der Waals surface area contributed by atoms with E-state index in [1.807, 2.05) is 24.3 Å². The lowest BCUT2D eigenvalue weighted by Gasteiger charge is -2.22. The van der Waals surface area contributed by atoms with Gasteiger partial charge in [-0.15, -0.1) is 0 Å². The van der Waals surface area contributed by atoms with Gasteiger partial charge in [0.25, 0.3) is 0 Å². The van der Waals surface area contributed by atoms with Crippen LogP contribution in [0.4, 0.5) is 0 Å². The lowest BCUT2D eigenvalue weighted by molar-refractivity contribution is -0.136. The molecule has 1 heterocycles. The number of hydrogen-bond acceptors (Lipinski definition) is 2. The van der Waals surface area contributed by atoms with Crippen molar-refractivity contribution in [3.05, 3.63) is 35.4 Å². The lowest BCUT2D eigenvalue weighted by Crippen LogP contribution is -2.18. The Bertz CT molecular complexity index is 381. The second-order valence-electron chi connectivity index (χ2n) is 4.60. The summed E-state index contributed by atoms with van der Waals surface area (Å²) >= 11 is 0. The van der Waals surface area contributed by atoms with Crippen molar-refractivity contribution in [3.8, 4) is 0 Å². The van der Waals surface area contributed by atoms with E-state index >= 15 is 0 Å². The molecule has 0 saturated carbocycles. The molecule has 1 aromatic carbocycles. The Kier molecular flexibility index (Phi) is 4.15. The first-order valence-corrected chi connectivity index (χ1v) is 6.12. The van der Waals surface area contributed by atoms with E-state index in [0.29, 0.717) is 5.92 Å². The maximum absolute atomic E-state index is 10.8. The number of aliphatic carboxylic acids is 1. The third-order valence-electron chi connectivity index (χ3n) is 3.31. The maximum Gasteiger partial charge on any atom is 0.307 e. The topological polar surface area (TPSA) is 46.5 Å². The first-order valence-electron chi connectivity index (χ1n) is 6.12. The van der Waals surface area contributed by atoms with Gasteiger partial charge in [0.2, 0.25) is 0 Å². The van der Waals surface area contributed by atoms with Gasteiger partial charge >= 0.3 is 5.97 Å². The molecule has 0 unspecified atom stereocenters. The fraction of sp³-hybridized carbons (Fsp3) is 0.500. The second-order valence-corrected chi connectivity index (χ2v) is 4.60. The molecule has 3 nitrogen and oxygen atoms in total. The molecule has 92 valence electrons. The highest BCUT2D eigenvalue weighted by Crippen LogP contribution is 2.22. The SMILES string of the molecule is O=C(O)Cc1ccccc1CC1CCOCC1. The number of carbonyl (C=O) groups is 1. The van der Waals surface area contributed by atoms with E-state index in [1.54, 1.807) is 0 Å². The summed E-state index contributed by atoms with van der Waals surface area (Å²) in [6, 6.07) is 7.86. The summed E-state index contributed by atoms with van der Waals surface area (Å²) in [4.78, 5) is 10.8. The smallest absolute Gasteiger partial charge is 0.307 e. The summed E-state index contributed by atoms with van der Waals surface area (Å²) in [7, 11) is 0. The maximum atomic E-state index is 10.8. The number of benzene rings is 1. The predicted molar refractivity (Wildman–Crippen MR) is 65.0 cm³/mol. The standard InChI is InChI=1S/C14H18O3/c15-14(16)10-13-4-2-1-3-12(13)9-11-5-7-17-8-6-11/h1-4,11H,5-10H2,(H,15,16). The van der Waals surface area contributed by atoms with Crippen LogP contribution in [0.5, 0.6) is 0 Å². The molecule has 0 aromatic heterocycles. The summed E-state index contributed by atoms with van der Waals surface area (Å²) in [5, 5.41) is 8.88. The molecule has 2 rings (SSSR count). The van der Waals surface area contributed by atoms with Gasteiger partial charge in [0.05, 0.1) is 6.42 Å². The van der Waals surface area contributed by atoms with Crippen LogP contribution in [0.3, 0.4) is 0 Å². The molecule has 1 N–H and O–H groups in total. The summed E-state index contributed by atoms with van der Waals surface area (Å²) in [6.45, 7) is 1.68. The number of ether oxygens (including phenoxy) is 1. The fourth-order valence-electron chi connectivity index (χ4n) is 2.35. The number of carboxylic acids is 1. The van der Waals surface area contributed by atoms with Crippen molar-refractivity contribution in [2.24, 2.45) is 5.92 Å². The second kappa shape index (κ2) is 5.82. The highest BCUT2D eigenvalue weighted by Gasteiger charge is 2.16. The Morgan fingerprint density at radius 2 is 1.88 bits per heavy atom. The Balaban J connectivity index is 2.05. The van der Waals surface area contributed by atoms with Crippen molar-refractivity contribution in [2.45, 2.75) is 25.7 Å². The molecule has 1 saturated heterocycles. The van der Waals surface area contributed by atoms with Crippen molar-refractivity contribution in [1.82, 2.24) is 0 Å². The Labute approximate surface area is 101 Å². The first kappa shape index (κ1) is 12.1. The molecular weight excluding hydrogens is 216 g/mol. The molecular formula is C14H18O3. The Morgan fingerprint density at radius 3 is 2.53 bits per heavy atom. The Hall–Kier alpha value is -1.35. The van der Waals surface area contributed by atoms with Gasteiger partial charge in [-0.05, 0) is 36.3 Å². The minimum atomic E-state index is -0.760. The highest BCUT2D eigenvalue weighted by molar-refractivity contribution is 5.70. The largest absolute Gasteiger partial charge is 0.481 e. The van der Waals surface area contributed by atoms with E-state index in [4.69, 9.17) is 9.84 Å². The molecule has 1 aliphatic heterocycles. The van der Waals surface area contributed by atoms with Gasteiger partial charge in [-0.25, -0.2) is 0 Å². The van der Waals surface area contributed by atoms with Crippen LogP contribution in [-0.2, 0) is 22.4 Å². The monoisotopic (exact) mass is 234 g/mol. The molecule has 0 aliphatic carbocycles. The number of rotatable bonds is 4. The van der Waals surface area contributed by atoms with Gasteiger partial charge in [0.1, 0.15) is 0 Å². The van der Waals surface area contributed by atoms with Gasteiger partial charge in [-0.1, -0.05) is 24.3 Å². The minimum Gasteiger partial charge on any atom is -0.481 e. The zero-order chi connectivity index (χ0) is 12.1. The third kappa shape index (κ3) is 3.56. The quantitative estimate of drug-likeness (QED) is 0.869. The van der Waals surface area contributed by atoms with E-state index < -0.39 is 5.97 Å². The van der Waals surface area contributed by atoms with Crippen LogP contribution in [0.1, 0.15) is 24.0 Å². The molecule has 0 atom stereocenters. The molecule has 0 radical (unpaired) electrons. The predicted octanol–water partition coefficient (Wildman–Crippen LogP) is 2.28. The summed E-state index contributed by atoms with van der Waals surface area (Å²) in [5.41, 5.74) is 2.13. The number of hydrogen-bond donors (Lipinski definition) is 1. The molecule has 1 aliphatic rings. The van der Waals surface area contributed by atoms with Crippen LogP contribution in [0.25, 0.3) is 0 Å². The van der Waals surface area contributed by atoms with Gasteiger partial charge in [0.15, 0.2) is 0 Å². The van der Waals surface area contributed by atoms with E-state index in [-0.39, 0.29) is 6.42 Å².